The molecule has 4 nitrogen and oxygen atoms in total. The first kappa shape index (κ1) is 21.9. The van der Waals surface area contributed by atoms with Gasteiger partial charge in [0, 0.05) is 11.9 Å². The maximum absolute atomic E-state index is 12.3. The second kappa shape index (κ2) is 9.55. The Labute approximate surface area is 137 Å². The third kappa shape index (κ3) is 4.88. The van der Waals surface area contributed by atoms with Crippen LogP contribution in [0.1, 0.15) is 50.4 Å². The quantitative estimate of drug-likeness (QED) is 0.834. The first-order chi connectivity index (χ1) is 8.49. The summed E-state index contributed by atoms with van der Waals surface area (Å²) in [5, 5.41) is 6.03. The van der Waals surface area contributed by atoms with Crippen molar-refractivity contribution in [2.75, 3.05) is 6.54 Å². The summed E-state index contributed by atoms with van der Waals surface area (Å²) in [5.41, 5.74) is 6.25. The highest BCUT2D eigenvalue weighted by Gasteiger charge is 2.34. The SMILES string of the molecule is CCC(CC)(CN)C(=O)NC(C)c1csc(C)n1.Cl.Cl. The third-order valence-electron chi connectivity index (χ3n) is 3.65. The zero-order chi connectivity index (χ0) is 13.8. The van der Waals surface area contributed by atoms with Gasteiger partial charge in [0.05, 0.1) is 22.2 Å². The molecule has 0 bridgehead atoms. The fourth-order valence-electron chi connectivity index (χ4n) is 1.96. The van der Waals surface area contributed by atoms with Gasteiger partial charge >= 0.3 is 0 Å². The standard InChI is InChI=1S/C13H23N3OS.2ClH/c1-5-13(6-2,8-14)12(17)15-9(3)11-7-18-10(4)16-11;;/h7,9H,5-6,8,14H2,1-4H3,(H,15,17);2*1H. The van der Waals surface area contributed by atoms with E-state index >= 15 is 0 Å². The Morgan fingerprint density at radius 3 is 2.35 bits per heavy atom. The molecule has 118 valence electrons. The lowest BCUT2D eigenvalue weighted by atomic mass is 9.81. The minimum atomic E-state index is -0.445. The van der Waals surface area contributed by atoms with Gasteiger partial charge in [-0.05, 0) is 26.7 Å². The maximum Gasteiger partial charge on any atom is 0.227 e. The van der Waals surface area contributed by atoms with Crippen molar-refractivity contribution in [2.24, 2.45) is 11.1 Å². The molecule has 20 heavy (non-hydrogen) atoms. The van der Waals surface area contributed by atoms with Gasteiger partial charge in [0.2, 0.25) is 5.91 Å². The van der Waals surface area contributed by atoms with Crippen LogP contribution in [0.5, 0.6) is 0 Å². The van der Waals surface area contributed by atoms with Crippen molar-refractivity contribution in [3.8, 4) is 0 Å². The Morgan fingerprint density at radius 2 is 2.00 bits per heavy atom. The molecule has 3 N–H and O–H groups in total. The number of aromatic nitrogens is 1. The van der Waals surface area contributed by atoms with Crippen LogP contribution in [0.2, 0.25) is 0 Å². The molecule has 0 fully saturated rings. The van der Waals surface area contributed by atoms with Crippen molar-refractivity contribution < 1.29 is 4.79 Å². The van der Waals surface area contributed by atoms with Crippen molar-refractivity contribution >= 4 is 42.1 Å². The number of halogens is 2. The minimum absolute atomic E-state index is 0. The number of carbonyl (C=O) groups excluding carboxylic acids is 1. The number of carbonyl (C=O) groups is 1. The van der Waals surface area contributed by atoms with E-state index in [0.29, 0.717) is 6.54 Å². The number of aryl methyl sites for hydroxylation is 1. The lowest BCUT2D eigenvalue weighted by Crippen LogP contribution is -2.46. The summed E-state index contributed by atoms with van der Waals surface area (Å²) < 4.78 is 0. The second-order valence-electron chi connectivity index (χ2n) is 4.68. The molecule has 1 rings (SSSR count). The molecule has 0 aliphatic carbocycles. The molecule has 0 saturated carbocycles. The summed E-state index contributed by atoms with van der Waals surface area (Å²) in [6.45, 7) is 8.32. The van der Waals surface area contributed by atoms with Crippen molar-refractivity contribution in [1.29, 1.82) is 0 Å². The van der Waals surface area contributed by atoms with Gasteiger partial charge in [0.1, 0.15) is 0 Å². The molecule has 1 atom stereocenters. The molecule has 0 spiro atoms. The van der Waals surface area contributed by atoms with Crippen LogP contribution in [-0.2, 0) is 4.79 Å². The van der Waals surface area contributed by atoms with Crippen LogP contribution >= 0.6 is 36.2 Å². The van der Waals surface area contributed by atoms with E-state index in [4.69, 9.17) is 5.73 Å². The number of amides is 1. The second-order valence-corrected chi connectivity index (χ2v) is 5.74. The third-order valence-corrected chi connectivity index (χ3v) is 4.45. The number of nitrogens with two attached hydrogens (primary N) is 1. The van der Waals surface area contributed by atoms with Gasteiger partial charge in [-0.1, -0.05) is 13.8 Å². The predicted octanol–water partition coefficient (Wildman–Crippen LogP) is 3.24. The summed E-state index contributed by atoms with van der Waals surface area (Å²) in [6, 6.07) is -0.0634. The van der Waals surface area contributed by atoms with Crippen molar-refractivity contribution in [1.82, 2.24) is 10.3 Å². The summed E-state index contributed by atoms with van der Waals surface area (Å²) in [5.74, 6) is 0.0353. The van der Waals surface area contributed by atoms with E-state index in [1.165, 1.54) is 0 Å². The van der Waals surface area contributed by atoms with Crippen LogP contribution in [0.15, 0.2) is 5.38 Å². The van der Waals surface area contributed by atoms with Crippen LogP contribution in [0.3, 0.4) is 0 Å². The van der Waals surface area contributed by atoms with Crippen LogP contribution in [0.25, 0.3) is 0 Å². The smallest absolute Gasteiger partial charge is 0.227 e. The van der Waals surface area contributed by atoms with Crippen molar-refractivity contribution in [2.45, 2.75) is 46.6 Å². The fraction of sp³-hybridized carbons (Fsp3) is 0.692. The van der Waals surface area contributed by atoms with E-state index in [2.05, 4.69) is 10.3 Å². The first-order valence-corrected chi connectivity index (χ1v) is 7.30. The summed E-state index contributed by atoms with van der Waals surface area (Å²) in [6.07, 6.45) is 1.52. The fourth-order valence-corrected chi connectivity index (χ4v) is 2.66. The lowest BCUT2D eigenvalue weighted by molar-refractivity contribution is -0.131. The molecule has 1 aromatic rings. The first-order valence-electron chi connectivity index (χ1n) is 6.42. The molecule has 1 aromatic heterocycles. The average Bonchev–Trinajstić information content (AvgIpc) is 2.79. The van der Waals surface area contributed by atoms with Crippen molar-refractivity contribution in [3.05, 3.63) is 16.1 Å². The van der Waals surface area contributed by atoms with Crippen molar-refractivity contribution in [3.63, 3.8) is 0 Å². The van der Waals surface area contributed by atoms with Gasteiger partial charge in [-0.25, -0.2) is 4.98 Å². The van der Waals surface area contributed by atoms with E-state index in [1.54, 1.807) is 11.3 Å². The Hall–Kier alpha value is -0.360. The molecule has 1 heterocycles. The molecular weight excluding hydrogens is 317 g/mol. The predicted molar refractivity (Wildman–Crippen MR) is 90.0 cm³/mol. The molecular formula is C13H25Cl2N3OS. The number of hydrogen-bond acceptors (Lipinski definition) is 4. The van der Waals surface area contributed by atoms with Crippen LogP contribution in [0.4, 0.5) is 0 Å². The maximum atomic E-state index is 12.3. The zero-order valence-corrected chi connectivity index (χ0v) is 14.9. The Kier molecular flexibility index (Phi) is 10.5. The minimum Gasteiger partial charge on any atom is -0.347 e. The molecule has 1 amide bonds. The topological polar surface area (TPSA) is 68.0 Å². The number of rotatable bonds is 6. The van der Waals surface area contributed by atoms with Crippen LogP contribution in [0, 0.1) is 12.3 Å². The number of thiazole rings is 1. The van der Waals surface area contributed by atoms with E-state index in [-0.39, 0.29) is 36.8 Å². The highest BCUT2D eigenvalue weighted by atomic mass is 35.5. The average molecular weight is 342 g/mol. The molecule has 0 radical (unpaired) electrons. The molecule has 0 aromatic carbocycles. The van der Waals surface area contributed by atoms with E-state index in [1.807, 2.05) is 33.1 Å². The van der Waals surface area contributed by atoms with E-state index < -0.39 is 5.41 Å². The highest BCUT2D eigenvalue weighted by molar-refractivity contribution is 7.09. The van der Waals surface area contributed by atoms with Gasteiger partial charge in [-0.15, -0.1) is 36.2 Å². The summed E-state index contributed by atoms with van der Waals surface area (Å²) in [7, 11) is 0. The summed E-state index contributed by atoms with van der Waals surface area (Å²) >= 11 is 1.60. The lowest BCUT2D eigenvalue weighted by Gasteiger charge is -2.30. The van der Waals surface area contributed by atoms with Gasteiger partial charge in [-0.3, -0.25) is 4.79 Å². The molecule has 0 aliphatic heterocycles. The highest BCUT2D eigenvalue weighted by Crippen LogP contribution is 2.26. The number of nitrogens with one attached hydrogen (secondary N) is 1. The van der Waals surface area contributed by atoms with E-state index in [0.717, 1.165) is 23.5 Å². The monoisotopic (exact) mass is 341 g/mol. The Balaban J connectivity index is 0. The molecule has 1 unspecified atom stereocenters. The Morgan fingerprint density at radius 1 is 1.45 bits per heavy atom. The van der Waals surface area contributed by atoms with Gasteiger partial charge in [-0.2, -0.15) is 0 Å². The largest absolute Gasteiger partial charge is 0.347 e. The van der Waals surface area contributed by atoms with E-state index in [9.17, 15) is 4.79 Å². The summed E-state index contributed by atoms with van der Waals surface area (Å²) in [4.78, 5) is 16.7. The molecule has 0 aliphatic rings. The number of nitrogens with zero attached hydrogens (tertiary/aromatic N) is 1. The van der Waals surface area contributed by atoms with Gasteiger partial charge < -0.3 is 11.1 Å². The van der Waals surface area contributed by atoms with Crippen LogP contribution < -0.4 is 11.1 Å². The van der Waals surface area contributed by atoms with Gasteiger partial charge in [0.25, 0.3) is 0 Å². The zero-order valence-electron chi connectivity index (χ0n) is 12.4. The van der Waals surface area contributed by atoms with Crippen LogP contribution in [-0.4, -0.2) is 17.4 Å². The molecule has 0 saturated heterocycles. The molecule has 7 heteroatoms. The normalized spacial score (nSPS) is 12.1. The number of hydrogen-bond donors (Lipinski definition) is 2. The Bertz CT molecular complexity index is 400. The van der Waals surface area contributed by atoms with Gasteiger partial charge in [0.15, 0.2) is 0 Å².